The first-order valence-electron chi connectivity index (χ1n) is 10.6. The van der Waals surface area contributed by atoms with Gasteiger partial charge in [-0.3, -0.25) is 5.32 Å². The van der Waals surface area contributed by atoms with Crippen molar-refractivity contribution in [3.8, 4) is 17.1 Å². The number of hydrogen-bond acceptors (Lipinski definition) is 5. The molecule has 0 bridgehead atoms. The zero-order valence-corrected chi connectivity index (χ0v) is 18.4. The maximum Gasteiger partial charge on any atom is 0.240 e. The van der Waals surface area contributed by atoms with Crippen LogP contribution in [0.1, 0.15) is 48.4 Å². The fraction of sp³-hybridized carbons (Fsp3) is 0.231. The van der Waals surface area contributed by atoms with E-state index in [1.807, 2.05) is 36.4 Å². The van der Waals surface area contributed by atoms with Crippen molar-refractivity contribution < 1.29 is 13.7 Å². The SMILES string of the molecule is COc1ccc(C(NCc2nc(-c3ccc(C(C)C)cc3)no2)c2ccc(F)cc2)cc1. The predicted octanol–water partition coefficient (Wildman–Crippen LogP) is 5.89. The lowest BCUT2D eigenvalue weighted by Gasteiger charge is -2.19. The molecule has 0 saturated heterocycles. The third-order valence-corrected chi connectivity index (χ3v) is 5.41. The average molecular weight is 432 g/mol. The summed E-state index contributed by atoms with van der Waals surface area (Å²) in [6, 6.07) is 22.2. The summed E-state index contributed by atoms with van der Waals surface area (Å²) in [7, 11) is 1.63. The third kappa shape index (κ3) is 5.03. The molecule has 4 rings (SSSR count). The van der Waals surface area contributed by atoms with E-state index in [1.54, 1.807) is 19.2 Å². The molecule has 1 aromatic heterocycles. The predicted molar refractivity (Wildman–Crippen MR) is 122 cm³/mol. The van der Waals surface area contributed by atoms with Gasteiger partial charge in [0.15, 0.2) is 0 Å². The molecule has 0 radical (unpaired) electrons. The molecule has 0 spiro atoms. The topological polar surface area (TPSA) is 60.2 Å². The van der Waals surface area contributed by atoms with Gasteiger partial charge in [-0.2, -0.15) is 4.98 Å². The summed E-state index contributed by atoms with van der Waals surface area (Å²) in [6.07, 6.45) is 0. The first-order valence-corrected chi connectivity index (χ1v) is 10.6. The minimum Gasteiger partial charge on any atom is -0.497 e. The number of rotatable bonds is 8. The number of hydrogen-bond donors (Lipinski definition) is 1. The molecule has 0 amide bonds. The van der Waals surface area contributed by atoms with E-state index in [4.69, 9.17) is 9.26 Å². The zero-order chi connectivity index (χ0) is 22.5. The highest BCUT2D eigenvalue weighted by Crippen LogP contribution is 2.25. The van der Waals surface area contributed by atoms with Gasteiger partial charge in [0, 0.05) is 5.56 Å². The van der Waals surface area contributed by atoms with E-state index in [9.17, 15) is 4.39 Å². The van der Waals surface area contributed by atoms with Crippen LogP contribution in [-0.4, -0.2) is 17.3 Å². The quantitative estimate of drug-likeness (QED) is 0.377. The van der Waals surface area contributed by atoms with Gasteiger partial charge in [-0.05, 0) is 46.9 Å². The summed E-state index contributed by atoms with van der Waals surface area (Å²) in [5.74, 6) is 2.01. The van der Waals surface area contributed by atoms with E-state index in [-0.39, 0.29) is 11.9 Å². The van der Waals surface area contributed by atoms with Crippen molar-refractivity contribution in [1.29, 1.82) is 0 Å². The second kappa shape index (κ2) is 9.75. The molecule has 6 heteroatoms. The molecule has 1 unspecified atom stereocenters. The van der Waals surface area contributed by atoms with Crippen molar-refractivity contribution in [2.24, 2.45) is 0 Å². The Labute approximate surface area is 187 Å². The third-order valence-electron chi connectivity index (χ3n) is 5.41. The number of methoxy groups -OCH3 is 1. The fourth-order valence-electron chi connectivity index (χ4n) is 3.53. The van der Waals surface area contributed by atoms with Crippen LogP contribution in [0.25, 0.3) is 11.4 Å². The minimum absolute atomic E-state index is 0.179. The normalized spacial score (nSPS) is 12.2. The second-order valence-corrected chi connectivity index (χ2v) is 7.93. The van der Waals surface area contributed by atoms with Gasteiger partial charge in [0.1, 0.15) is 11.6 Å². The maximum atomic E-state index is 13.5. The number of benzene rings is 3. The Hall–Kier alpha value is -3.51. The molecule has 1 atom stereocenters. The van der Waals surface area contributed by atoms with Gasteiger partial charge in [0.2, 0.25) is 11.7 Å². The van der Waals surface area contributed by atoms with Crippen LogP contribution in [-0.2, 0) is 6.54 Å². The smallest absolute Gasteiger partial charge is 0.240 e. The number of aromatic nitrogens is 2. The number of halogens is 1. The van der Waals surface area contributed by atoms with Crippen LogP contribution in [0.2, 0.25) is 0 Å². The van der Waals surface area contributed by atoms with E-state index in [2.05, 4.69) is 41.4 Å². The van der Waals surface area contributed by atoms with Crippen LogP contribution in [0, 0.1) is 5.82 Å². The van der Waals surface area contributed by atoms with E-state index >= 15 is 0 Å². The van der Waals surface area contributed by atoms with Crippen molar-refractivity contribution >= 4 is 0 Å². The Morgan fingerprint density at radius 1 is 0.875 bits per heavy atom. The van der Waals surface area contributed by atoms with E-state index in [1.165, 1.54) is 17.7 Å². The van der Waals surface area contributed by atoms with Crippen LogP contribution in [0.5, 0.6) is 5.75 Å². The monoisotopic (exact) mass is 431 g/mol. The largest absolute Gasteiger partial charge is 0.497 e. The molecule has 32 heavy (non-hydrogen) atoms. The minimum atomic E-state index is -0.271. The fourth-order valence-corrected chi connectivity index (χ4v) is 3.53. The summed E-state index contributed by atoms with van der Waals surface area (Å²) in [5, 5.41) is 7.58. The van der Waals surface area contributed by atoms with Gasteiger partial charge < -0.3 is 9.26 Å². The van der Waals surface area contributed by atoms with E-state index < -0.39 is 0 Å². The summed E-state index contributed by atoms with van der Waals surface area (Å²) in [6.45, 7) is 4.69. The number of ether oxygens (including phenoxy) is 1. The van der Waals surface area contributed by atoms with Crippen molar-refractivity contribution in [2.75, 3.05) is 7.11 Å². The Kier molecular flexibility index (Phi) is 6.61. The molecule has 1 heterocycles. The van der Waals surface area contributed by atoms with Crippen molar-refractivity contribution in [1.82, 2.24) is 15.5 Å². The molecule has 0 saturated carbocycles. The summed E-state index contributed by atoms with van der Waals surface area (Å²) in [4.78, 5) is 4.54. The lowest BCUT2D eigenvalue weighted by Crippen LogP contribution is -2.22. The molecular weight excluding hydrogens is 405 g/mol. The molecular formula is C26H26FN3O2. The molecule has 0 aliphatic carbocycles. The molecule has 0 aliphatic rings. The average Bonchev–Trinajstić information content (AvgIpc) is 3.30. The van der Waals surface area contributed by atoms with Crippen LogP contribution in [0.15, 0.2) is 77.3 Å². The van der Waals surface area contributed by atoms with Gasteiger partial charge in [-0.25, -0.2) is 4.39 Å². The number of nitrogens with one attached hydrogen (secondary N) is 1. The molecule has 1 N–H and O–H groups in total. The molecule has 4 aromatic rings. The summed E-state index contributed by atoms with van der Waals surface area (Å²) >= 11 is 0. The Bertz CT molecular complexity index is 1140. The van der Waals surface area contributed by atoms with Crippen LogP contribution < -0.4 is 10.1 Å². The van der Waals surface area contributed by atoms with Crippen molar-refractivity contribution in [3.63, 3.8) is 0 Å². The standard InChI is InChI=1S/C26H26FN3O2/c1-17(2)18-4-6-21(7-5-18)26-29-24(32-30-26)16-28-25(19-8-12-22(27)13-9-19)20-10-14-23(31-3)15-11-20/h4-15,17,25,28H,16H2,1-3H3. The molecule has 0 aliphatic heterocycles. The molecule has 5 nitrogen and oxygen atoms in total. The van der Waals surface area contributed by atoms with Crippen molar-refractivity contribution in [2.45, 2.75) is 32.4 Å². The Morgan fingerprint density at radius 2 is 1.47 bits per heavy atom. The van der Waals surface area contributed by atoms with E-state index in [0.717, 1.165) is 22.4 Å². The molecule has 3 aromatic carbocycles. The lowest BCUT2D eigenvalue weighted by atomic mass is 9.98. The molecule has 164 valence electrons. The van der Waals surface area contributed by atoms with Crippen molar-refractivity contribution in [3.05, 3.63) is 101 Å². The highest BCUT2D eigenvalue weighted by atomic mass is 19.1. The molecule has 0 fully saturated rings. The number of nitrogens with zero attached hydrogens (tertiary/aromatic N) is 2. The van der Waals surface area contributed by atoms with Crippen LogP contribution >= 0.6 is 0 Å². The maximum absolute atomic E-state index is 13.5. The Morgan fingerprint density at radius 3 is 2.06 bits per heavy atom. The highest BCUT2D eigenvalue weighted by molar-refractivity contribution is 5.54. The first kappa shape index (κ1) is 21.7. The highest BCUT2D eigenvalue weighted by Gasteiger charge is 2.17. The van der Waals surface area contributed by atoms with Gasteiger partial charge in [0.25, 0.3) is 0 Å². The van der Waals surface area contributed by atoms with Gasteiger partial charge in [0.05, 0.1) is 19.7 Å². The first-order chi connectivity index (χ1) is 15.5. The summed E-state index contributed by atoms with van der Waals surface area (Å²) < 4.78 is 24.2. The Balaban J connectivity index is 1.52. The van der Waals surface area contributed by atoms with Crippen LogP contribution in [0.4, 0.5) is 4.39 Å². The van der Waals surface area contributed by atoms with Gasteiger partial charge in [-0.15, -0.1) is 0 Å². The van der Waals surface area contributed by atoms with Crippen LogP contribution in [0.3, 0.4) is 0 Å². The lowest BCUT2D eigenvalue weighted by molar-refractivity contribution is 0.363. The van der Waals surface area contributed by atoms with E-state index in [0.29, 0.717) is 24.2 Å². The second-order valence-electron chi connectivity index (χ2n) is 7.93. The van der Waals surface area contributed by atoms with Gasteiger partial charge in [-0.1, -0.05) is 67.5 Å². The summed E-state index contributed by atoms with van der Waals surface area (Å²) in [5.41, 5.74) is 4.12. The zero-order valence-electron chi connectivity index (χ0n) is 18.4. The van der Waals surface area contributed by atoms with Gasteiger partial charge >= 0.3 is 0 Å².